The van der Waals surface area contributed by atoms with E-state index in [4.69, 9.17) is 16.3 Å². The van der Waals surface area contributed by atoms with Gasteiger partial charge in [-0.2, -0.15) is 5.10 Å². The van der Waals surface area contributed by atoms with Gasteiger partial charge in [0.15, 0.2) is 0 Å². The number of hydrogen-bond acceptors (Lipinski definition) is 3. The van der Waals surface area contributed by atoms with Gasteiger partial charge >= 0.3 is 0 Å². The number of aromatic nitrogens is 2. The molecule has 5 heteroatoms. The van der Waals surface area contributed by atoms with E-state index in [-0.39, 0.29) is 0 Å². The first-order valence-electron chi connectivity index (χ1n) is 6.14. The zero-order valence-corrected chi connectivity index (χ0v) is 11.8. The summed E-state index contributed by atoms with van der Waals surface area (Å²) in [4.78, 5) is 0. The van der Waals surface area contributed by atoms with Crippen LogP contribution >= 0.6 is 11.6 Å². The van der Waals surface area contributed by atoms with Crippen molar-refractivity contribution in [2.75, 3.05) is 6.61 Å². The van der Waals surface area contributed by atoms with Crippen molar-refractivity contribution in [3.63, 3.8) is 0 Å². The number of aliphatic hydroxyl groups is 1. The molecule has 102 valence electrons. The Morgan fingerprint density at radius 3 is 2.89 bits per heavy atom. The molecule has 0 aliphatic rings. The summed E-state index contributed by atoms with van der Waals surface area (Å²) in [5.41, 5.74) is 1.83. The first-order chi connectivity index (χ1) is 9.06. The Bertz CT molecular complexity index is 552. The fourth-order valence-corrected chi connectivity index (χ4v) is 2.04. The molecular formula is C14H17ClN2O2. The van der Waals surface area contributed by atoms with E-state index >= 15 is 0 Å². The highest BCUT2D eigenvalue weighted by Gasteiger charge is 2.10. The molecule has 1 heterocycles. The van der Waals surface area contributed by atoms with E-state index in [0.717, 1.165) is 12.0 Å². The van der Waals surface area contributed by atoms with Crippen LogP contribution in [0.1, 0.15) is 24.2 Å². The van der Waals surface area contributed by atoms with Crippen LogP contribution in [-0.2, 0) is 13.5 Å². The first-order valence-corrected chi connectivity index (χ1v) is 6.52. The molecular weight excluding hydrogens is 264 g/mol. The zero-order valence-electron chi connectivity index (χ0n) is 11.0. The molecule has 2 rings (SSSR count). The van der Waals surface area contributed by atoms with Crippen LogP contribution in [0.4, 0.5) is 0 Å². The maximum Gasteiger partial charge on any atom is 0.125 e. The Kier molecular flexibility index (Phi) is 4.45. The summed E-state index contributed by atoms with van der Waals surface area (Å²) in [6.45, 7) is 2.23. The number of ether oxygens (including phenoxy) is 1. The van der Waals surface area contributed by atoms with Crippen LogP contribution in [0.25, 0.3) is 0 Å². The van der Waals surface area contributed by atoms with Gasteiger partial charge in [0.1, 0.15) is 5.75 Å². The average Bonchev–Trinajstić information content (AvgIpc) is 2.77. The van der Waals surface area contributed by atoms with Crippen molar-refractivity contribution in [1.29, 1.82) is 0 Å². The summed E-state index contributed by atoms with van der Waals surface area (Å²) < 4.78 is 7.47. The first kappa shape index (κ1) is 13.9. The van der Waals surface area contributed by atoms with Gasteiger partial charge in [-0.3, -0.25) is 4.68 Å². The van der Waals surface area contributed by atoms with Crippen LogP contribution < -0.4 is 4.74 Å². The highest BCUT2D eigenvalue weighted by atomic mass is 35.5. The largest absolute Gasteiger partial charge is 0.493 e. The number of benzene rings is 1. The van der Waals surface area contributed by atoms with Crippen LogP contribution in [-0.4, -0.2) is 21.5 Å². The monoisotopic (exact) mass is 280 g/mol. The molecule has 1 aromatic carbocycles. The molecule has 0 fully saturated rings. The van der Waals surface area contributed by atoms with Crippen LogP contribution in [0, 0.1) is 0 Å². The quantitative estimate of drug-likeness (QED) is 0.916. The summed E-state index contributed by atoms with van der Waals surface area (Å²) in [7, 11) is 1.88. The topological polar surface area (TPSA) is 47.3 Å². The molecule has 2 aromatic rings. The second-order valence-corrected chi connectivity index (χ2v) is 4.92. The molecule has 4 nitrogen and oxygen atoms in total. The summed E-state index contributed by atoms with van der Waals surface area (Å²) in [6.07, 6.45) is 3.95. The molecule has 19 heavy (non-hydrogen) atoms. The lowest BCUT2D eigenvalue weighted by atomic mass is 10.1. The molecule has 0 radical (unpaired) electrons. The summed E-state index contributed by atoms with van der Waals surface area (Å²) in [5, 5.41) is 14.4. The van der Waals surface area contributed by atoms with Gasteiger partial charge in [0.05, 0.1) is 18.9 Å². The molecule has 1 N–H and O–H groups in total. The molecule has 0 saturated carbocycles. The minimum Gasteiger partial charge on any atom is -0.493 e. The molecule has 0 bridgehead atoms. The lowest BCUT2D eigenvalue weighted by Crippen LogP contribution is -2.04. The van der Waals surface area contributed by atoms with Crippen molar-refractivity contribution in [2.24, 2.45) is 7.05 Å². The third-order valence-electron chi connectivity index (χ3n) is 2.83. The average molecular weight is 281 g/mol. The number of rotatable bonds is 5. The number of aliphatic hydroxyl groups excluding tert-OH is 1. The minimum atomic E-state index is -0.605. The van der Waals surface area contributed by atoms with Gasteiger partial charge in [0, 0.05) is 30.3 Å². The van der Waals surface area contributed by atoms with Crippen molar-refractivity contribution < 1.29 is 9.84 Å². The Morgan fingerprint density at radius 1 is 1.47 bits per heavy atom. The third kappa shape index (κ3) is 3.72. The molecule has 0 spiro atoms. The van der Waals surface area contributed by atoms with E-state index in [1.807, 2.05) is 19.4 Å². The fourth-order valence-electron chi connectivity index (χ4n) is 1.86. The number of aryl methyl sites for hydroxylation is 1. The van der Waals surface area contributed by atoms with Crippen LogP contribution in [0.2, 0.25) is 5.02 Å². The van der Waals surface area contributed by atoms with E-state index in [2.05, 4.69) is 5.10 Å². The van der Waals surface area contributed by atoms with E-state index in [1.54, 1.807) is 29.8 Å². The van der Waals surface area contributed by atoms with Gasteiger partial charge in [-0.25, -0.2) is 0 Å². The molecule has 0 saturated heterocycles. The van der Waals surface area contributed by atoms with Crippen LogP contribution in [0.15, 0.2) is 30.6 Å². The normalized spacial score (nSPS) is 12.4. The number of nitrogens with zero attached hydrogens (tertiary/aromatic N) is 2. The van der Waals surface area contributed by atoms with Gasteiger partial charge < -0.3 is 9.84 Å². The van der Waals surface area contributed by atoms with Gasteiger partial charge in [-0.15, -0.1) is 0 Å². The number of hydrogen-bond donors (Lipinski definition) is 1. The maximum atomic E-state index is 9.70. The Morgan fingerprint density at radius 2 is 2.26 bits per heavy atom. The standard InChI is InChI=1S/C14H17ClN2O2/c1-10(18)13-7-12(15)3-4-14(13)19-6-5-11-8-16-17(2)9-11/h3-4,7-10,18H,5-6H2,1-2H3. The Labute approximate surface area is 117 Å². The van der Waals surface area contributed by atoms with E-state index in [9.17, 15) is 5.11 Å². The Hall–Kier alpha value is -1.52. The van der Waals surface area contributed by atoms with Gasteiger partial charge in [0.2, 0.25) is 0 Å². The summed E-state index contributed by atoms with van der Waals surface area (Å²) >= 11 is 5.92. The van der Waals surface area contributed by atoms with E-state index in [0.29, 0.717) is 22.9 Å². The van der Waals surface area contributed by atoms with Crippen molar-refractivity contribution in [1.82, 2.24) is 9.78 Å². The smallest absolute Gasteiger partial charge is 0.125 e. The predicted octanol–water partition coefficient (Wildman–Crippen LogP) is 2.75. The summed E-state index contributed by atoms with van der Waals surface area (Å²) in [6, 6.07) is 5.27. The second-order valence-electron chi connectivity index (χ2n) is 4.48. The van der Waals surface area contributed by atoms with Crippen molar-refractivity contribution in [3.8, 4) is 5.75 Å². The second kappa shape index (κ2) is 6.08. The van der Waals surface area contributed by atoms with E-state index < -0.39 is 6.10 Å². The highest BCUT2D eigenvalue weighted by Crippen LogP contribution is 2.28. The van der Waals surface area contributed by atoms with Crippen LogP contribution in [0.3, 0.4) is 0 Å². The van der Waals surface area contributed by atoms with Gasteiger partial charge in [0.25, 0.3) is 0 Å². The predicted molar refractivity (Wildman–Crippen MR) is 74.5 cm³/mol. The van der Waals surface area contributed by atoms with Crippen molar-refractivity contribution >= 4 is 11.6 Å². The molecule has 0 amide bonds. The molecule has 0 aliphatic carbocycles. The Balaban J connectivity index is 1.99. The lowest BCUT2D eigenvalue weighted by Gasteiger charge is -2.13. The minimum absolute atomic E-state index is 0.535. The lowest BCUT2D eigenvalue weighted by molar-refractivity contribution is 0.191. The molecule has 1 atom stereocenters. The maximum absolute atomic E-state index is 9.70. The fraction of sp³-hybridized carbons (Fsp3) is 0.357. The SMILES string of the molecule is CC(O)c1cc(Cl)ccc1OCCc1cnn(C)c1. The highest BCUT2D eigenvalue weighted by molar-refractivity contribution is 6.30. The molecule has 1 aromatic heterocycles. The van der Waals surface area contributed by atoms with Crippen molar-refractivity contribution in [3.05, 3.63) is 46.7 Å². The van der Waals surface area contributed by atoms with Crippen molar-refractivity contribution in [2.45, 2.75) is 19.4 Å². The molecule has 1 unspecified atom stereocenters. The van der Waals surface area contributed by atoms with E-state index in [1.165, 1.54) is 0 Å². The van der Waals surface area contributed by atoms with Gasteiger partial charge in [-0.05, 0) is 30.7 Å². The summed E-state index contributed by atoms with van der Waals surface area (Å²) in [5.74, 6) is 0.670. The van der Waals surface area contributed by atoms with Crippen LogP contribution in [0.5, 0.6) is 5.75 Å². The number of halogens is 1. The zero-order chi connectivity index (χ0) is 13.8. The third-order valence-corrected chi connectivity index (χ3v) is 3.06. The molecule has 0 aliphatic heterocycles. The van der Waals surface area contributed by atoms with Gasteiger partial charge in [-0.1, -0.05) is 11.6 Å².